The second-order valence-corrected chi connectivity index (χ2v) is 7.65. The number of halogens is 1. The molecule has 2 heterocycles. The topological polar surface area (TPSA) is 18.5 Å². The molecule has 3 rings (SSSR count). The standard InChI is InChI=1S/C19H31N3.ClH/c1-19(2)16-21(14-18-8-10-20-11-9-18)12-13-22(19)15-17-6-4-3-5-7-17;/h3-7,18,20H,8-16H2,1-2H3;1H. The van der Waals surface area contributed by atoms with E-state index < -0.39 is 0 Å². The number of nitrogens with one attached hydrogen (secondary N) is 1. The summed E-state index contributed by atoms with van der Waals surface area (Å²) in [6.45, 7) is 13.2. The highest BCUT2D eigenvalue weighted by molar-refractivity contribution is 5.85. The molecule has 2 aliphatic heterocycles. The maximum absolute atomic E-state index is 3.48. The van der Waals surface area contributed by atoms with E-state index in [2.05, 4.69) is 59.3 Å². The molecular formula is C19H32ClN3. The van der Waals surface area contributed by atoms with E-state index in [1.807, 2.05) is 0 Å². The number of hydrogen-bond acceptors (Lipinski definition) is 3. The number of hydrogen-bond donors (Lipinski definition) is 1. The molecule has 0 aromatic heterocycles. The maximum Gasteiger partial charge on any atom is 0.0284 e. The lowest BCUT2D eigenvalue weighted by Crippen LogP contribution is -2.59. The number of piperazine rings is 1. The van der Waals surface area contributed by atoms with Crippen molar-refractivity contribution in [3.05, 3.63) is 35.9 Å². The van der Waals surface area contributed by atoms with Gasteiger partial charge in [0.2, 0.25) is 0 Å². The van der Waals surface area contributed by atoms with Crippen LogP contribution >= 0.6 is 12.4 Å². The average molecular weight is 338 g/mol. The normalized spacial score (nSPS) is 23.4. The Bertz CT molecular complexity index is 457. The van der Waals surface area contributed by atoms with Crippen LogP contribution in [0.2, 0.25) is 0 Å². The fourth-order valence-corrected chi connectivity index (χ4v) is 3.97. The van der Waals surface area contributed by atoms with Crippen LogP contribution in [0.4, 0.5) is 0 Å². The van der Waals surface area contributed by atoms with Crippen molar-refractivity contribution in [2.45, 2.75) is 38.8 Å². The SMILES string of the molecule is CC1(C)CN(CC2CCNCC2)CCN1Cc1ccccc1.Cl. The zero-order valence-electron chi connectivity index (χ0n) is 14.6. The van der Waals surface area contributed by atoms with Crippen LogP contribution in [0.1, 0.15) is 32.3 Å². The molecule has 0 spiro atoms. The molecule has 0 unspecified atom stereocenters. The first kappa shape index (κ1) is 18.7. The molecule has 3 nitrogen and oxygen atoms in total. The predicted molar refractivity (Wildman–Crippen MR) is 100 cm³/mol. The van der Waals surface area contributed by atoms with Gasteiger partial charge in [0, 0.05) is 38.3 Å². The van der Waals surface area contributed by atoms with Gasteiger partial charge in [0.05, 0.1) is 0 Å². The summed E-state index contributed by atoms with van der Waals surface area (Å²) >= 11 is 0. The van der Waals surface area contributed by atoms with Crippen LogP contribution in [-0.4, -0.2) is 54.6 Å². The summed E-state index contributed by atoms with van der Waals surface area (Å²) in [5.74, 6) is 0.901. The first-order valence-electron chi connectivity index (χ1n) is 8.85. The summed E-state index contributed by atoms with van der Waals surface area (Å²) in [7, 11) is 0. The van der Waals surface area contributed by atoms with Gasteiger partial charge in [0.15, 0.2) is 0 Å². The highest BCUT2D eigenvalue weighted by atomic mass is 35.5. The Morgan fingerprint density at radius 1 is 1.09 bits per heavy atom. The average Bonchev–Trinajstić information content (AvgIpc) is 2.52. The lowest BCUT2D eigenvalue weighted by Gasteiger charge is -2.48. The Morgan fingerprint density at radius 3 is 2.43 bits per heavy atom. The minimum Gasteiger partial charge on any atom is -0.317 e. The van der Waals surface area contributed by atoms with Gasteiger partial charge in [-0.05, 0) is 51.3 Å². The van der Waals surface area contributed by atoms with Gasteiger partial charge < -0.3 is 5.32 Å². The first-order chi connectivity index (χ1) is 10.6. The van der Waals surface area contributed by atoms with E-state index in [-0.39, 0.29) is 17.9 Å². The number of piperidine rings is 1. The van der Waals surface area contributed by atoms with Gasteiger partial charge in [-0.2, -0.15) is 0 Å². The quantitative estimate of drug-likeness (QED) is 0.911. The van der Waals surface area contributed by atoms with Crippen molar-refractivity contribution in [1.29, 1.82) is 0 Å². The fraction of sp³-hybridized carbons (Fsp3) is 0.684. The molecular weight excluding hydrogens is 306 g/mol. The van der Waals surface area contributed by atoms with Gasteiger partial charge in [-0.15, -0.1) is 12.4 Å². The zero-order valence-corrected chi connectivity index (χ0v) is 15.4. The van der Waals surface area contributed by atoms with Crippen LogP contribution in [0.5, 0.6) is 0 Å². The summed E-state index contributed by atoms with van der Waals surface area (Å²) in [6, 6.07) is 10.9. The van der Waals surface area contributed by atoms with Crippen LogP contribution in [0.15, 0.2) is 30.3 Å². The van der Waals surface area contributed by atoms with Crippen molar-refractivity contribution in [2.24, 2.45) is 5.92 Å². The van der Waals surface area contributed by atoms with Gasteiger partial charge in [0.25, 0.3) is 0 Å². The molecule has 4 heteroatoms. The van der Waals surface area contributed by atoms with Crippen LogP contribution < -0.4 is 5.32 Å². The molecule has 1 N–H and O–H groups in total. The maximum atomic E-state index is 3.48. The Kier molecular flexibility index (Phi) is 6.90. The van der Waals surface area contributed by atoms with Crippen molar-refractivity contribution >= 4 is 12.4 Å². The fourth-order valence-electron chi connectivity index (χ4n) is 3.97. The molecule has 0 saturated carbocycles. The van der Waals surface area contributed by atoms with E-state index >= 15 is 0 Å². The number of nitrogens with zero attached hydrogens (tertiary/aromatic N) is 2. The van der Waals surface area contributed by atoms with Crippen molar-refractivity contribution in [3.63, 3.8) is 0 Å². The van der Waals surface area contributed by atoms with Gasteiger partial charge in [-0.25, -0.2) is 0 Å². The van der Waals surface area contributed by atoms with E-state index in [0.29, 0.717) is 0 Å². The molecule has 0 bridgehead atoms. The lowest BCUT2D eigenvalue weighted by molar-refractivity contribution is 0.00570. The minimum atomic E-state index is 0. The van der Waals surface area contributed by atoms with Crippen LogP contribution in [0.3, 0.4) is 0 Å². The van der Waals surface area contributed by atoms with Gasteiger partial charge in [-0.1, -0.05) is 30.3 Å². The third-order valence-electron chi connectivity index (χ3n) is 5.34. The van der Waals surface area contributed by atoms with Crippen LogP contribution in [0.25, 0.3) is 0 Å². The largest absolute Gasteiger partial charge is 0.317 e. The van der Waals surface area contributed by atoms with E-state index in [0.717, 1.165) is 12.5 Å². The van der Waals surface area contributed by atoms with E-state index in [9.17, 15) is 0 Å². The van der Waals surface area contributed by atoms with Gasteiger partial charge >= 0.3 is 0 Å². The van der Waals surface area contributed by atoms with Crippen LogP contribution in [-0.2, 0) is 6.54 Å². The molecule has 2 fully saturated rings. The van der Waals surface area contributed by atoms with Crippen molar-refractivity contribution < 1.29 is 0 Å². The van der Waals surface area contributed by atoms with E-state index in [1.165, 1.54) is 57.7 Å². The van der Waals surface area contributed by atoms with E-state index in [4.69, 9.17) is 0 Å². The highest BCUT2D eigenvalue weighted by Crippen LogP contribution is 2.25. The predicted octanol–water partition coefficient (Wildman–Crippen LogP) is 3.00. The monoisotopic (exact) mass is 337 g/mol. The summed E-state index contributed by atoms with van der Waals surface area (Å²) in [4.78, 5) is 5.36. The molecule has 1 aromatic rings. The zero-order chi connectivity index (χ0) is 15.4. The molecule has 0 radical (unpaired) electrons. The molecule has 1 aromatic carbocycles. The number of benzene rings is 1. The minimum absolute atomic E-state index is 0. The highest BCUT2D eigenvalue weighted by Gasteiger charge is 2.34. The molecule has 23 heavy (non-hydrogen) atoms. The Morgan fingerprint density at radius 2 is 1.78 bits per heavy atom. The third kappa shape index (κ3) is 5.18. The van der Waals surface area contributed by atoms with Crippen molar-refractivity contribution in [1.82, 2.24) is 15.1 Å². The second kappa shape index (κ2) is 8.48. The summed E-state index contributed by atoms with van der Waals surface area (Å²) in [6.07, 6.45) is 2.70. The van der Waals surface area contributed by atoms with Crippen molar-refractivity contribution in [2.75, 3.05) is 39.3 Å². The Balaban J connectivity index is 0.00000192. The second-order valence-electron chi connectivity index (χ2n) is 7.65. The van der Waals surface area contributed by atoms with Gasteiger partial charge in [-0.3, -0.25) is 9.80 Å². The molecule has 0 amide bonds. The lowest BCUT2D eigenvalue weighted by atomic mass is 9.93. The third-order valence-corrected chi connectivity index (χ3v) is 5.34. The number of rotatable bonds is 4. The van der Waals surface area contributed by atoms with Gasteiger partial charge in [0.1, 0.15) is 0 Å². The summed E-state index contributed by atoms with van der Waals surface area (Å²) in [5, 5.41) is 3.48. The molecule has 2 aliphatic rings. The Labute approximate surface area is 147 Å². The molecule has 130 valence electrons. The van der Waals surface area contributed by atoms with Crippen molar-refractivity contribution in [3.8, 4) is 0 Å². The molecule has 0 aliphatic carbocycles. The smallest absolute Gasteiger partial charge is 0.0284 e. The Hall–Kier alpha value is -0.610. The molecule has 2 saturated heterocycles. The summed E-state index contributed by atoms with van der Waals surface area (Å²) < 4.78 is 0. The molecule has 0 atom stereocenters. The first-order valence-corrected chi connectivity index (χ1v) is 8.85. The van der Waals surface area contributed by atoms with Crippen LogP contribution in [0, 0.1) is 5.92 Å². The van der Waals surface area contributed by atoms with E-state index in [1.54, 1.807) is 0 Å². The summed E-state index contributed by atoms with van der Waals surface area (Å²) in [5.41, 5.74) is 1.70.